The van der Waals surface area contributed by atoms with Crippen LogP contribution in [0.3, 0.4) is 0 Å². The Kier molecular flexibility index (Phi) is 5.68. The zero-order valence-corrected chi connectivity index (χ0v) is 17.0. The van der Waals surface area contributed by atoms with E-state index in [0.29, 0.717) is 28.7 Å². The van der Waals surface area contributed by atoms with Crippen molar-refractivity contribution in [3.8, 4) is 22.8 Å². The number of ether oxygens (including phenoxy) is 2. The molecule has 1 saturated heterocycles. The van der Waals surface area contributed by atoms with Gasteiger partial charge in [0.15, 0.2) is 17.3 Å². The second-order valence-electron chi connectivity index (χ2n) is 6.85. The standard InChI is InChI=1S/C22H23N5O3/c1-29-18-9-8-16(14-19(18)30-2)20-21(23-15-28)22(25-24-20)27-12-10-26(11-13-27)17-6-4-3-5-7-17/h3-9,14H,10-13H2,1-2H3,(H,24,25). The Morgan fingerprint density at radius 2 is 1.67 bits per heavy atom. The fourth-order valence-electron chi connectivity index (χ4n) is 3.71. The lowest BCUT2D eigenvalue weighted by Crippen LogP contribution is -2.46. The Morgan fingerprint density at radius 1 is 0.967 bits per heavy atom. The van der Waals surface area contributed by atoms with Crippen LogP contribution in [0, 0.1) is 0 Å². The Balaban J connectivity index is 1.60. The fourth-order valence-corrected chi connectivity index (χ4v) is 3.71. The highest BCUT2D eigenvalue weighted by Crippen LogP contribution is 2.40. The van der Waals surface area contributed by atoms with Crippen LogP contribution in [-0.2, 0) is 4.79 Å². The zero-order valence-electron chi connectivity index (χ0n) is 17.0. The number of nitrogens with one attached hydrogen (secondary N) is 1. The van der Waals surface area contributed by atoms with Gasteiger partial charge in [-0.1, -0.05) is 18.2 Å². The second kappa shape index (κ2) is 8.71. The largest absolute Gasteiger partial charge is 0.493 e. The second-order valence-corrected chi connectivity index (χ2v) is 6.85. The number of rotatable bonds is 6. The molecule has 1 fully saturated rings. The van der Waals surface area contributed by atoms with Gasteiger partial charge in [0, 0.05) is 37.4 Å². The number of benzene rings is 2. The molecule has 3 aromatic rings. The minimum atomic E-state index is 0.477. The first kappa shape index (κ1) is 19.5. The van der Waals surface area contributed by atoms with Crippen LogP contribution in [0.1, 0.15) is 0 Å². The van der Waals surface area contributed by atoms with Crippen LogP contribution in [0.5, 0.6) is 11.5 Å². The number of aromatic nitrogens is 2. The van der Waals surface area contributed by atoms with Crippen molar-refractivity contribution in [1.29, 1.82) is 0 Å². The number of aromatic amines is 1. The van der Waals surface area contributed by atoms with Crippen molar-refractivity contribution in [1.82, 2.24) is 10.2 Å². The van der Waals surface area contributed by atoms with Gasteiger partial charge in [0.2, 0.25) is 6.08 Å². The lowest BCUT2D eigenvalue weighted by Gasteiger charge is -2.36. The maximum atomic E-state index is 11.1. The monoisotopic (exact) mass is 405 g/mol. The molecule has 0 unspecified atom stereocenters. The van der Waals surface area contributed by atoms with Crippen molar-refractivity contribution < 1.29 is 14.3 Å². The zero-order chi connectivity index (χ0) is 20.9. The summed E-state index contributed by atoms with van der Waals surface area (Å²) in [5.74, 6) is 1.86. The van der Waals surface area contributed by atoms with Gasteiger partial charge in [-0.2, -0.15) is 10.1 Å². The topological polar surface area (TPSA) is 83.0 Å². The van der Waals surface area contributed by atoms with Gasteiger partial charge < -0.3 is 19.3 Å². The minimum Gasteiger partial charge on any atom is -0.493 e. The van der Waals surface area contributed by atoms with Gasteiger partial charge in [-0.3, -0.25) is 5.10 Å². The lowest BCUT2D eigenvalue weighted by atomic mass is 10.1. The smallest absolute Gasteiger partial charge is 0.240 e. The van der Waals surface area contributed by atoms with Crippen LogP contribution >= 0.6 is 0 Å². The molecule has 0 saturated carbocycles. The molecular formula is C22H23N5O3. The lowest BCUT2D eigenvalue weighted by molar-refractivity contribution is 0.355. The van der Waals surface area contributed by atoms with Gasteiger partial charge in [-0.15, -0.1) is 0 Å². The van der Waals surface area contributed by atoms with E-state index in [2.05, 4.69) is 37.1 Å². The average Bonchev–Trinajstić information content (AvgIpc) is 3.23. The van der Waals surface area contributed by atoms with E-state index in [0.717, 1.165) is 31.7 Å². The third-order valence-electron chi connectivity index (χ3n) is 5.25. The molecule has 0 bridgehead atoms. The van der Waals surface area contributed by atoms with Crippen molar-refractivity contribution >= 4 is 23.3 Å². The van der Waals surface area contributed by atoms with Crippen LogP contribution in [0.25, 0.3) is 11.3 Å². The maximum absolute atomic E-state index is 11.1. The number of para-hydroxylation sites is 1. The molecule has 0 radical (unpaired) electrons. The summed E-state index contributed by atoms with van der Waals surface area (Å²) in [6.45, 7) is 3.25. The van der Waals surface area contributed by atoms with Crippen molar-refractivity contribution in [3.63, 3.8) is 0 Å². The van der Waals surface area contributed by atoms with E-state index >= 15 is 0 Å². The predicted molar refractivity (Wildman–Crippen MR) is 116 cm³/mol. The molecule has 30 heavy (non-hydrogen) atoms. The minimum absolute atomic E-state index is 0.477. The van der Waals surface area contributed by atoms with E-state index < -0.39 is 0 Å². The number of methoxy groups -OCH3 is 2. The highest BCUT2D eigenvalue weighted by molar-refractivity contribution is 5.83. The van der Waals surface area contributed by atoms with Crippen LogP contribution < -0.4 is 19.3 Å². The number of anilines is 2. The fraction of sp³-hybridized carbons (Fsp3) is 0.273. The van der Waals surface area contributed by atoms with Gasteiger partial charge in [0.1, 0.15) is 5.69 Å². The molecule has 8 nitrogen and oxygen atoms in total. The number of aliphatic imine (C=N–C) groups is 1. The normalized spacial score (nSPS) is 13.7. The number of nitrogens with zero attached hydrogens (tertiary/aromatic N) is 4. The molecule has 1 N–H and O–H groups in total. The van der Waals surface area contributed by atoms with Gasteiger partial charge in [0.05, 0.1) is 19.9 Å². The van der Waals surface area contributed by atoms with Gasteiger partial charge in [-0.05, 0) is 30.3 Å². The SMILES string of the molecule is COc1ccc(-c2[nH]nc(N3CCN(c4ccccc4)CC3)c2N=C=O)cc1OC. The number of carbonyl (C=O) groups excluding carboxylic acids is 1. The third kappa shape index (κ3) is 3.73. The van der Waals surface area contributed by atoms with Gasteiger partial charge >= 0.3 is 0 Å². The molecule has 0 amide bonds. The number of H-pyrrole nitrogens is 1. The van der Waals surface area contributed by atoms with Crippen molar-refractivity contribution in [2.45, 2.75) is 0 Å². The Labute approximate surface area is 174 Å². The number of hydrogen-bond acceptors (Lipinski definition) is 7. The summed E-state index contributed by atoms with van der Waals surface area (Å²) in [5.41, 5.74) is 3.12. The summed E-state index contributed by atoms with van der Waals surface area (Å²) in [6.07, 6.45) is 1.67. The summed E-state index contributed by atoms with van der Waals surface area (Å²) >= 11 is 0. The highest BCUT2D eigenvalue weighted by atomic mass is 16.5. The molecule has 0 aliphatic carbocycles. The predicted octanol–water partition coefficient (Wildman–Crippen LogP) is 3.39. The molecule has 0 spiro atoms. The molecule has 0 atom stereocenters. The maximum Gasteiger partial charge on any atom is 0.240 e. The summed E-state index contributed by atoms with van der Waals surface area (Å²) in [7, 11) is 3.17. The summed E-state index contributed by atoms with van der Waals surface area (Å²) in [4.78, 5) is 19.6. The first-order valence-electron chi connectivity index (χ1n) is 9.68. The van der Waals surface area contributed by atoms with Crippen molar-refractivity contribution in [2.24, 2.45) is 4.99 Å². The molecule has 1 aliphatic heterocycles. The Bertz CT molecular complexity index is 1050. The Morgan fingerprint density at radius 3 is 2.33 bits per heavy atom. The number of isocyanates is 1. The Hall–Kier alpha value is -3.77. The summed E-state index contributed by atoms with van der Waals surface area (Å²) < 4.78 is 10.7. The average molecular weight is 405 g/mol. The summed E-state index contributed by atoms with van der Waals surface area (Å²) in [5, 5.41) is 7.50. The molecule has 1 aromatic heterocycles. The molecular weight excluding hydrogens is 382 g/mol. The molecule has 8 heteroatoms. The van der Waals surface area contributed by atoms with E-state index in [1.54, 1.807) is 20.3 Å². The number of hydrogen-bond donors (Lipinski definition) is 1. The van der Waals surface area contributed by atoms with Crippen molar-refractivity contribution in [2.75, 3.05) is 50.2 Å². The molecule has 2 aromatic carbocycles. The first-order valence-corrected chi connectivity index (χ1v) is 9.68. The highest BCUT2D eigenvalue weighted by Gasteiger charge is 2.24. The van der Waals surface area contributed by atoms with Crippen LogP contribution in [0.15, 0.2) is 53.5 Å². The first-order chi connectivity index (χ1) is 14.7. The van der Waals surface area contributed by atoms with E-state index in [-0.39, 0.29) is 0 Å². The molecule has 4 rings (SSSR count). The van der Waals surface area contributed by atoms with Crippen LogP contribution in [-0.4, -0.2) is 56.7 Å². The van der Waals surface area contributed by atoms with E-state index in [4.69, 9.17) is 9.47 Å². The van der Waals surface area contributed by atoms with E-state index in [9.17, 15) is 4.79 Å². The van der Waals surface area contributed by atoms with Crippen LogP contribution in [0.2, 0.25) is 0 Å². The third-order valence-corrected chi connectivity index (χ3v) is 5.25. The number of piperazine rings is 1. The van der Waals surface area contributed by atoms with E-state index in [1.165, 1.54) is 5.69 Å². The molecule has 154 valence electrons. The summed E-state index contributed by atoms with van der Waals surface area (Å²) in [6, 6.07) is 15.8. The van der Waals surface area contributed by atoms with Crippen molar-refractivity contribution in [3.05, 3.63) is 48.5 Å². The quantitative estimate of drug-likeness (QED) is 0.500. The van der Waals surface area contributed by atoms with Crippen LogP contribution in [0.4, 0.5) is 17.2 Å². The van der Waals surface area contributed by atoms with E-state index in [1.807, 2.05) is 36.4 Å². The van der Waals surface area contributed by atoms with Gasteiger partial charge in [-0.25, -0.2) is 4.79 Å². The molecule has 2 heterocycles. The van der Waals surface area contributed by atoms with Gasteiger partial charge in [0.25, 0.3) is 0 Å². The molecule has 1 aliphatic rings.